The maximum absolute atomic E-state index is 12.2. The molecule has 1 aliphatic heterocycles. The van der Waals surface area contributed by atoms with Crippen molar-refractivity contribution in [3.05, 3.63) is 35.9 Å². The lowest BCUT2D eigenvalue weighted by Crippen LogP contribution is -2.30. The maximum atomic E-state index is 12.2. The minimum atomic E-state index is -0.735. The molecule has 5 nitrogen and oxygen atoms in total. The molecule has 0 bridgehead atoms. The Labute approximate surface area is 139 Å². The van der Waals surface area contributed by atoms with Gasteiger partial charge >= 0.3 is 11.9 Å². The second-order valence-electron chi connectivity index (χ2n) is 4.91. The highest BCUT2D eigenvalue weighted by molar-refractivity contribution is 8.00. The molecule has 1 aromatic rings. The van der Waals surface area contributed by atoms with Gasteiger partial charge in [-0.3, -0.25) is 4.79 Å². The van der Waals surface area contributed by atoms with Crippen LogP contribution in [0.15, 0.2) is 30.3 Å². The molecule has 1 aromatic carbocycles. The first-order chi connectivity index (χ1) is 11.0. The standard InChI is InChI=1S/C17H18O5S/c1-4-8-14(21-15(19)13-9-6-5-7-10-13)17-22-16(11(2)23-17)20-12(3)18/h5-7,9-11,14,16-17H,1-3H3. The molecule has 2 rings (SSSR count). The van der Waals surface area contributed by atoms with Gasteiger partial charge in [-0.25, -0.2) is 4.79 Å². The van der Waals surface area contributed by atoms with Gasteiger partial charge in [0.25, 0.3) is 0 Å². The minimum Gasteiger partial charge on any atom is -0.442 e. The SMILES string of the molecule is CC#CC(OC(=O)c1ccccc1)C1OC(OC(C)=O)C(C)S1. The van der Waals surface area contributed by atoms with Crippen LogP contribution in [0.3, 0.4) is 0 Å². The molecule has 0 N–H and O–H groups in total. The van der Waals surface area contributed by atoms with Crippen LogP contribution in [-0.4, -0.2) is 35.0 Å². The van der Waals surface area contributed by atoms with E-state index in [2.05, 4.69) is 11.8 Å². The highest BCUT2D eigenvalue weighted by atomic mass is 32.2. The monoisotopic (exact) mass is 334 g/mol. The Bertz CT molecular complexity index is 619. The molecule has 0 aliphatic carbocycles. The normalized spacial score (nSPS) is 24.2. The summed E-state index contributed by atoms with van der Waals surface area (Å²) in [5.74, 6) is 4.70. The number of ether oxygens (including phenoxy) is 3. The Balaban J connectivity index is 2.05. The van der Waals surface area contributed by atoms with E-state index in [1.807, 2.05) is 13.0 Å². The van der Waals surface area contributed by atoms with Crippen molar-refractivity contribution in [3.8, 4) is 11.8 Å². The van der Waals surface area contributed by atoms with Crippen LogP contribution in [-0.2, 0) is 19.0 Å². The third-order valence-electron chi connectivity index (χ3n) is 3.06. The van der Waals surface area contributed by atoms with E-state index in [1.54, 1.807) is 31.2 Å². The number of rotatable bonds is 4. The molecule has 0 aromatic heterocycles. The van der Waals surface area contributed by atoms with Gasteiger partial charge in [0.15, 0.2) is 11.5 Å². The second kappa shape index (κ2) is 8.04. The fourth-order valence-corrected chi connectivity index (χ4v) is 3.14. The van der Waals surface area contributed by atoms with E-state index in [4.69, 9.17) is 14.2 Å². The van der Waals surface area contributed by atoms with Crippen molar-refractivity contribution in [3.63, 3.8) is 0 Å². The Morgan fingerprint density at radius 3 is 2.61 bits per heavy atom. The number of carbonyl (C=O) groups is 2. The first kappa shape index (κ1) is 17.4. The summed E-state index contributed by atoms with van der Waals surface area (Å²) < 4.78 is 16.2. The smallest absolute Gasteiger partial charge is 0.339 e. The topological polar surface area (TPSA) is 61.8 Å². The molecule has 6 heteroatoms. The summed E-state index contributed by atoms with van der Waals surface area (Å²) in [7, 11) is 0. The predicted molar refractivity (Wildman–Crippen MR) is 86.6 cm³/mol. The maximum Gasteiger partial charge on any atom is 0.339 e. The van der Waals surface area contributed by atoms with E-state index in [0.29, 0.717) is 5.56 Å². The summed E-state index contributed by atoms with van der Waals surface area (Å²) in [6, 6.07) is 8.69. The fourth-order valence-electron chi connectivity index (χ4n) is 2.03. The van der Waals surface area contributed by atoms with Crippen LogP contribution in [0.1, 0.15) is 31.1 Å². The van der Waals surface area contributed by atoms with Crippen molar-refractivity contribution in [2.24, 2.45) is 0 Å². The van der Waals surface area contributed by atoms with Gasteiger partial charge < -0.3 is 14.2 Å². The van der Waals surface area contributed by atoms with Crippen LogP contribution in [0.2, 0.25) is 0 Å². The zero-order valence-corrected chi connectivity index (χ0v) is 14.0. The molecular weight excluding hydrogens is 316 g/mol. The number of hydrogen-bond acceptors (Lipinski definition) is 6. The number of hydrogen-bond donors (Lipinski definition) is 0. The van der Waals surface area contributed by atoms with Gasteiger partial charge in [-0.05, 0) is 26.0 Å². The molecule has 23 heavy (non-hydrogen) atoms. The average Bonchev–Trinajstić information content (AvgIpc) is 2.88. The van der Waals surface area contributed by atoms with E-state index in [0.717, 1.165) is 0 Å². The van der Waals surface area contributed by atoms with Crippen LogP contribution >= 0.6 is 11.8 Å². The molecule has 0 spiro atoms. The summed E-state index contributed by atoms with van der Waals surface area (Å²) in [5.41, 5.74) is -0.0579. The molecule has 1 aliphatic rings. The Morgan fingerprint density at radius 1 is 1.30 bits per heavy atom. The van der Waals surface area contributed by atoms with Gasteiger partial charge in [0.1, 0.15) is 0 Å². The van der Waals surface area contributed by atoms with E-state index < -0.39 is 29.8 Å². The van der Waals surface area contributed by atoms with Crippen LogP contribution in [0.25, 0.3) is 0 Å². The molecular formula is C17H18O5S. The molecule has 122 valence electrons. The lowest BCUT2D eigenvalue weighted by Gasteiger charge is -2.18. The molecule has 4 atom stereocenters. The van der Waals surface area contributed by atoms with Gasteiger partial charge in [0.2, 0.25) is 6.29 Å². The molecule has 1 saturated heterocycles. The van der Waals surface area contributed by atoms with Crippen molar-refractivity contribution < 1.29 is 23.8 Å². The van der Waals surface area contributed by atoms with E-state index in [1.165, 1.54) is 18.7 Å². The van der Waals surface area contributed by atoms with Gasteiger partial charge in [-0.15, -0.1) is 17.7 Å². The Hall–Kier alpha value is -1.97. The number of benzene rings is 1. The molecule has 4 unspecified atom stereocenters. The summed E-state index contributed by atoms with van der Waals surface area (Å²) in [6.45, 7) is 4.87. The van der Waals surface area contributed by atoms with Gasteiger partial charge in [-0.2, -0.15) is 0 Å². The zero-order valence-electron chi connectivity index (χ0n) is 13.1. The molecule has 0 saturated carbocycles. The van der Waals surface area contributed by atoms with Gasteiger partial charge in [0, 0.05) is 6.92 Å². The fraction of sp³-hybridized carbons (Fsp3) is 0.412. The minimum absolute atomic E-state index is 0.0690. The third-order valence-corrected chi connectivity index (χ3v) is 4.34. The number of carbonyl (C=O) groups excluding carboxylic acids is 2. The highest BCUT2D eigenvalue weighted by Crippen LogP contribution is 2.36. The molecule has 1 heterocycles. The Kier molecular flexibility index (Phi) is 6.08. The summed E-state index contributed by atoms with van der Waals surface area (Å²) in [6.07, 6.45) is -1.40. The third kappa shape index (κ3) is 4.75. The lowest BCUT2D eigenvalue weighted by molar-refractivity contribution is -0.177. The summed E-state index contributed by atoms with van der Waals surface area (Å²) >= 11 is 1.42. The average molecular weight is 334 g/mol. The number of esters is 2. The molecule has 1 fully saturated rings. The van der Waals surface area contributed by atoms with Gasteiger partial charge in [0.05, 0.1) is 10.8 Å². The van der Waals surface area contributed by atoms with Crippen molar-refractivity contribution in [1.82, 2.24) is 0 Å². The van der Waals surface area contributed by atoms with Crippen LogP contribution in [0.4, 0.5) is 0 Å². The van der Waals surface area contributed by atoms with Crippen molar-refractivity contribution in [2.75, 3.05) is 0 Å². The van der Waals surface area contributed by atoms with Crippen molar-refractivity contribution >= 4 is 23.7 Å². The Morgan fingerprint density at radius 2 is 2.00 bits per heavy atom. The summed E-state index contributed by atoms with van der Waals surface area (Å²) in [5, 5.41) is -0.0690. The van der Waals surface area contributed by atoms with Crippen LogP contribution in [0, 0.1) is 11.8 Å². The molecule has 0 amide bonds. The second-order valence-corrected chi connectivity index (χ2v) is 6.39. The first-order valence-electron chi connectivity index (χ1n) is 7.17. The van der Waals surface area contributed by atoms with E-state index in [-0.39, 0.29) is 5.25 Å². The predicted octanol–water partition coefficient (Wildman–Crippen LogP) is 2.60. The highest BCUT2D eigenvalue weighted by Gasteiger charge is 2.40. The first-order valence-corrected chi connectivity index (χ1v) is 8.12. The van der Waals surface area contributed by atoms with Crippen molar-refractivity contribution in [1.29, 1.82) is 0 Å². The van der Waals surface area contributed by atoms with Crippen molar-refractivity contribution in [2.45, 2.75) is 43.9 Å². The van der Waals surface area contributed by atoms with Crippen LogP contribution in [0.5, 0.6) is 0 Å². The van der Waals surface area contributed by atoms with E-state index in [9.17, 15) is 9.59 Å². The zero-order chi connectivity index (χ0) is 16.8. The lowest BCUT2D eigenvalue weighted by atomic mass is 10.2. The quantitative estimate of drug-likeness (QED) is 0.623. The van der Waals surface area contributed by atoms with E-state index >= 15 is 0 Å². The largest absolute Gasteiger partial charge is 0.442 e. The van der Waals surface area contributed by atoms with Crippen LogP contribution < -0.4 is 0 Å². The van der Waals surface area contributed by atoms with Gasteiger partial charge in [-0.1, -0.05) is 24.1 Å². The number of thioether (sulfide) groups is 1. The summed E-state index contributed by atoms with van der Waals surface area (Å²) in [4.78, 5) is 23.3. The molecule has 0 radical (unpaired) electrons.